The molecule has 148 valence electrons. The van der Waals surface area contributed by atoms with E-state index in [9.17, 15) is 0 Å². The van der Waals surface area contributed by atoms with Crippen molar-refractivity contribution in [1.82, 2.24) is 25.3 Å². The number of halogens is 1. The van der Waals surface area contributed by atoms with Gasteiger partial charge in [-0.2, -0.15) is 0 Å². The van der Waals surface area contributed by atoms with Gasteiger partial charge in [0.05, 0.1) is 0 Å². The summed E-state index contributed by atoms with van der Waals surface area (Å²) in [6.45, 7) is 1.61. The Kier molecular flexibility index (Phi) is 6.23. The van der Waals surface area contributed by atoms with Gasteiger partial charge in [0.15, 0.2) is 21.8 Å². The number of nitrogens with one attached hydrogen (secondary N) is 2. The highest BCUT2D eigenvalue weighted by Crippen LogP contribution is 2.30. The first-order chi connectivity index (χ1) is 14.2. The van der Waals surface area contributed by atoms with Crippen LogP contribution in [0, 0.1) is 0 Å². The third-order valence-corrected chi connectivity index (χ3v) is 4.95. The molecule has 0 fully saturated rings. The Hall–Kier alpha value is -2.69. The van der Waals surface area contributed by atoms with Crippen LogP contribution in [-0.4, -0.2) is 38.3 Å². The van der Waals surface area contributed by atoms with E-state index >= 15 is 0 Å². The van der Waals surface area contributed by atoms with Crippen LogP contribution in [0.15, 0.2) is 52.9 Å². The molecule has 3 heterocycles. The Balaban J connectivity index is 1.37. The first kappa shape index (κ1) is 19.6. The van der Waals surface area contributed by atoms with Gasteiger partial charge in [-0.05, 0) is 47.7 Å². The number of anilines is 1. The average Bonchev–Trinajstić information content (AvgIpc) is 2.72. The second-order valence-corrected chi connectivity index (χ2v) is 7.55. The van der Waals surface area contributed by atoms with Crippen molar-refractivity contribution in [2.24, 2.45) is 0 Å². The van der Waals surface area contributed by atoms with Crippen LogP contribution in [0.5, 0.6) is 11.5 Å². The minimum absolute atomic E-state index is 0.288. The van der Waals surface area contributed by atoms with Crippen LogP contribution >= 0.6 is 35.6 Å². The van der Waals surface area contributed by atoms with E-state index in [4.69, 9.17) is 33.3 Å². The molecule has 0 unspecified atom stereocenters. The van der Waals surface area contributed by atoms with E-state index in [0.717, 1.165) is 17.1 Å². The Labute approximate surface area is 181 Å². The summed E-state index contributed by atoms with van der Waals surface area (Å²) in [4.78, 5) is 16.9. The van der Waals surface area contributed by atoms with Crippen LogP contribution in [0.2, 0.25) is 5.15 Å². The fourth-order valence-electron chi connectivity index (χ4n) is 2.46. The van der Waals surface area contributed by atoms with E-state index in [1.54, 1.807) is 24.5 Å². The monoisotopic (exact) mass is 446 g/mol. The Bertz CT molecular complexity index is 1020. The third kappa shape index (κ3) is 5.43. The number of nitrogens with zero attached hydrogens (tertiary/aromatic N) is 4. The zero-order chi connectivity index (χ0) is 20.1. The number of rotatable bonds is 5. The molecule has 0 aliphatic carbocycles. The van der Waals surface area contributed by atoms with Crippen molar-refractivity contribution in [3.05, 3.63) is 53.4 Å². The molecule has 0 bridgehead atoms. The summed E-state index contributed by atoms with van der Waals surface area (Å²) in [6, 6.07) is 9.15. The van der Waals surface area contributed by atoms with Gasteiger partial charge in [0.2, 0.25) is 5.95 Å². The standard InChI is InChI=1S/C18H15ClN6O2S2/c19-14-9-15(29-18-20-4-1-5-21-18)24-16(23-14)25-17(28)22-10-11-2-3-12-13(8-11)27-7-6-26-12/h1-5,8-9H,6-7,10H2,(H2,22,23,24,25,28). The van der Waals surface area contributed by atoms with Crippen LogP contribution in [0.4, 0.5) is 5.95 Å². The molecule has 11 heteroatoms. The molecule has 1 aliphatic rings. The summed E-state index contributed by atoms with van der Waals surface area (Å²) in [5.74, 6) is 1.77. The van der Waals surface area contributed by atoms with Crippen LogP contribution in [0.3, 0.4) is 0 Å². The highest BCUT2D eigenvalue weighted by atomic mass is 35.5. The van der Waals surface area contributed by atoms with Crippen LogP contribution in [0.25, 0.3) is 0 Å². The van der Waals surface area contributed by atoms with E-state index in [2.05, 4.69) is 30.6 Å². The van der Waals surface area contributed by atoms with E-state index in [1.165, 1.54) is 11.8 Å². The topological polar surface area (TPSA) is 94.1 Å². The van der Waals surface area contributed by atoms with Crippen molar-refractivity contribution < 1.29 is 9.47 Å². The predicted octanol–water partition coefficient (Wildman–Crippen LogP) is 3.33. The normalized spacial score (nSPS) is 12.3. The van der Waals surface area contributed by atoms with Crippen molar-refractivity contribution >= 4 is 46.6 Å². The number of fused-ring (bicyclic) bond motifs is 1. The summed E-state index contributed by atoms with van der Waals surface area (Å²) in [5, 5.41) is 7.88. The molecule has 4 rings (SSSR count). The van der Waals surface area contributed by atoms with Gasteiger partial charge in [0.25, 0.3) is 0 Å². The molecule has 2 aromatic heterocycles. The van der Waals surface area contributed by atoms with Crippen molar-refractivity contribution in [2.45, 2.75) is 16.7 Å². The number of ether oxygens (including phenoxy) is 2. The molecule has 0 saturated carbocycles. The molecule has 0 saturated heterocycles. The first-order valence-electron chi connectivity index (χ1n) is 8.58. The van der Waals surface area contributed by atoms with Gasteiger partial charge in [-0.15, -0.1) is 0 Å². The minimum Gasteiger partial charge on any atom is -0.486 e. The lowest BCUT2D eigenvalue weighted by Crippen LogP contribution is -2.28. The number of benzene rings is 1. The SMILES string of the molecule is S=C(NCc1ccc2c(c1)OCCO2)Nc1nc(Cl)cc(Sc2ncccn2)n1. The number of aromatic nitrogens is 4. The Morgan fingerprint density at radius 1 is 1.10 bits per heavy atom. The minimum atomic E-state index is 0.288. The van der Waals surface area contributed by atoms with E-state index in [-0.39, 0.29) is 11.1 Å². The fourth-order valence-corrected chi connectivity index (χ4v) is 3.59. The smallest absolute Gasteiger partial charge is 0.231 e. The number of hydrogen-bond acceptors (Lipinski definition) is 8. The first-order valence-corrected chi connectivity index (χ1v) is 10.2. The molecule has 0 amide bonds. The molecule has 29 heavy (non-hydrogen) atoms. The number of hydrogen-bond donors (Lipinski definition) is 2. The lowest BCUT2D eigenvalue weighted by Gasteiger charge is -2.19. The Morgan fingerprint density at radius 2 is 1.90 bits per heavy atom. The molecule has 0 radical (unpaired) electrons. The molecule has 0 atom stereocenters. The van der Waals surface area contributed by atoms with E-state index in [0.29, 0.717) is 35.1 Å². The lowest BCUT2D eigenvalue weighted by molar-refractivity contribution is 0.171. The fraction of sp³-hybridized carbons (Fsp3) is 0.167. The maximum absolute atomic E-state index is 6.11. The largest absolute Gasteiger partial charge is 0.486 e. The lowest BCUT2D eigenvalue weighted by atomic mass is 10.2. The van der Waals surface area contributed by atoms with Crippen LogP contribution in [-0.2, 0) is 6.54 Å². The summed E-state index contributed by atoms with van der Waals surface area (Å²) in [5.41, 5.74) is 1.00. The average molecular weight is 447 g/mol. The van der Waals surface area contributed by atoms with Crippen molar-refractivity contribution in [3.8, 4) is 11.5 Å². The van der Waals surface area contributed by atoms with Gasteiger partial charge in [-0.25, -0.2) is 19.9 Å². The van der Waals surface area contributed by atoms with Crippen molar-refractivity contribution in [2.75, 3.05) is 18.5 Å². The zero-order valence-electron chi connectivity index (χ0n) is 15.0. The summed E-state index contributed by atoms with van der Waals surface area (Å²) >= 11 is 12.7. The zero-order valence-corrected chi connectivity index (χ0v) is 17.4. The summed E-state index contributed by atoms with van der Waals surface area (Å²) in [7, 11) is 0. The molecular formula is C18H15ClN6O2S2. The molecule has 8 nitrogen and oxygen atoms in total. The second-order valence-electron chi connectivity index (χ2n) is 5.77. The Morgan fingerprint density at radius 3 is 2.72 bits per heavy atom. The van der Waals surface area contributed by atoms with Crippen molar-refractivity contribution in [3.63, 3.8) is 0 Å². The highest BCUT2D eigenvalue weighted by Gasteiger charge is 2.12. The number of thiocarbonyl (C=S) groups is 1. The van der Waals surface area contributed by atoms with Gasteiger partial charge < -0.3 is 20.1 Å². The summed E-state index contributed by atoms with van der Waals surface area (Å²) < 4.78 is 11.1. The molecular weight excluding hydrogens is 432 g/mol. The van der Waals surface area contributed by atoms with Gasteiger partial charge in [0.1, 0.15) is 23.4 Å². The molecule has 1 aliphatic heterocycles. The van der Waals surface area contributed by atoms with Gasteiger partial charge in [-0.3, -0.25) is 0 Å². The molecule has 0 spiro atoms. The van der Waals surface area contributed by atoms with Crippen LogP contribution in [0.1, 0.15) is 5.56 Å². The summed E-state index contributed by atoms with van der Waals surface area (Å²) in [6.07, 6.45) is 3.32. The predicted molar refractivity (Wildman–Crippen MR) is 114 cm³/mol. The van der Waals surface area contributed by atoms with Gasteiger partial charge in [-0.1, -0.05) is 17.7 Å². The van der Waals surface area contributed by atoms with E-state index in [1.807, 2.05) is 18.2 Å². The van der Waals surface area contributed by atoms with Gasteiger partial charge in [0, 0.05) is 25.0 Å². The maximum Gasteiger partial charge on any atom is 0.231 e. The van der Waals surface area contributed by atoms with Crippen LogP contribution < -0.4 is 20.1 Å². The highest BCUT2D eigenvalue weighted by molar-refractivity contribution is 7.99. The van der Waals surface area contributed by atoms with Crippen molar-refractivity contribution in [1.29, 1.82) is 0 Å². The van der Waals surface area contributed by atoms with E-state index < -0.39 is 0 Å². The maximum atomic E-state index is 6.11. The quantitative estimate of drug-likeness (QED) is 0.345. The molecule has 3 aromatic rings. The molecule has 2 N–H and O–H groups in total. The third-order valence-electron chi connectivity index (χ3n) is 3.69. The van der Waals surface area contributed by atoms with Gasteiger partial charge >= 0.3 is 0 Å². The molecule has 1 aromatic carbocycles. The second kappa shape index (κ2) is 9.21.